The van der Waals surface area contributed by atoms with Crippen molar-refractivity contribution in [3.8, 4) is 79.3 Å². The Morgan fingerprint density at radius 1 is 0.338 bits per heavy atom. The van der Waals surface area contributed by atoms with Crippen molar-refractivity contribution in [1.29, 1.82) is 0 Å². The molecular weight excluding hydrogens is 945 g/mol. The van der Waals surface area contributed by atoms with E-state index in [1.165, 1.54) is 0 Å². The Morgan fingerprint density at radius 2 is 0.608 bits per heavy atom. The molecule has 0 saturated carbocycles. The lowest BCUT2D eigenvalue weighted by Crippen LogP contribution is -2.12. The maximum Gasteiger partial charge on any atom is 0.123 e. The maximum absolute atomic E-state index is 6.32. The second-order valence-electron chi connectivity index (χ2n) is 19.8. The second-order valence-corrected chi connectivity index (χ2v) is 19.8. The summed E-state index contributed by atoms with van der Waals surface area (Å²) >= 11 is 0. The van der Waals surface area contributed by atoms with Gasteiger partial charge in [0, 0.05) is 60.7 Å². The van der Waals surface area contributed by atoms with Crippen molar-refractivity contribution < 1.29 is 37.9 Å². The Balaban J connectivity index is 1.12. The summed E-state index contributed by atoms with van der Waals surface area (Å²) in [6.45, 7) is 18.3. The van der Waals surface area contributed by atoms with E-state index < -0.39 is 0 Å². The summed E-state index contributed by atoms with van der Waals surface area (Å²) in [4.78, 5) is 0. The van der Waals surface area contributed by atoms with Gasteiger partial charge in [-0.05, 0) is 70.5 Å². The van der Waals surface area contributed by atoms with Crippen molar-refractivity contribution in [3.05, 3.63) is 109 Å². The third kappa shape index (κ3) is 12.9. The highest BCUT2D eigenvalue weighted by atomic mass is 16.6. The highest BCUT2D eigenvalue weighted by Gasteiger charge is 2.22. The van der Waals surface area contributed by atoms with Gasteiger partial charge in [0.25, 0.3) is 0 Å². The first-order valence-corrected chi connectivity index (χ1v) is 24.7. The smallest absolute Gasteiger partial charge is 0.123 e. The monoisotopic (exact) mass is 1010 g/mol. The van der Waals surface area contributed by atoms with Crippen molar-refractivity contribution in [2.45, 2.75) is 52.4 Å². The molecule has 0 spiro atoms. The van der Waals surface area contributed by atoms with Crippen LogP contribution in [-0.2, 0) is 39.3 Å². The lowest BCUT2D eigenvalue weighted by atomic mass is 9.84. The molecule has 20 nitrogen and oxygen atoms in total. The van der Waals surface area contributed by atoms with E-state index in [0.717, 1.165) is 33.4 Å². The molecule has 8 aromatic rings. The van der Waals surface area contributed by atoms with Crippen LogP contribution in [0.2, 0.25) is 0 Å². The van der Waals surface area contributed by atoms with Crippen molar-refractivity contribution in [2.24, 2.45) is 0 Å². The van der Waals surface area contributed by atoms with Gasteiger partial charge >= 0.3 is 0 Å². The number of hydrogen-bond acceptors (Lipinski definition) is 16. The number of methoxy groups -OCH3 is 2. The van der Waals surface area contributed by atoms with Gasteiger partial charge in [0.15, 0.2) is 0 Å². The zero-order valence-corrected chi connectivity index (χ0v) is 43.4. The molecule has 0 unspecified atom stereocenters. The molecule has 1 aliphatic heterocycles. The molecule has 9 rings (SSSR count). The summed E-state index contributed by atoms with van der Waals surface area (Å²) in [6.07, 6.45) is 7.64. The fourth-order valence-electron chi connectivity index (χ4n) is 8.00. The predicted octanol–water partition coefficient (Wildman–Crippen LogP) is 7.70. The van der Waals surface area contributed by atoms with E-state index in [9.17, 15) is 0 Å². The third-order valence-corrected chi connectivity index (χ3v) is 12.2. The Bertz CT molecular complexity index is 2760. The van der Waals surface area contributed by atoms with E-state index in [1.54, 1.807) is 32.9 Å². The Hall–Kier alpha value is -7.20. The van der Waals surface area contributed by atoms with Gasteiger partial charge in [0.05, 0.1) is 114 Å². The highest BCUT2D eigenvalue weighted by molar-refractivity contribution is 5.73. The number of hydrogen-bond donors (Lipinski definition) is 0. The van der Waals surface area contributed by atoms with Crippen LogP contribution in [0, 0.1) is 0 Å². The molecule has 4 aromatic heterocycles. The fraction of sp³-hybridized carbons (Fsp3) is 0.407. The van der Waals surface area contributed by atoms with Crippen LogP contribution in [0.4, 0.5) is 0 Å². The molecular formula is C54H64N12O8. The first-order chi connectivity index (χ1) is 35.8. The summed E-state index contributed by atoms with van der Waals surface area (Å²) in [7, 11) is 3.29. The van der Waals surface area contributed by atoms with Gasteiger partial charge in [-0.15, -0.1) is 20.4 Å². The van der Waals surface area contributed by atoms with E-state index in [4.69, 9.17) is 58.3 Å². The first-order valence-electron chi connectivity index (χ1n) is 24.7. The van der Waals surface area contributed by atoms with Crippen LogP contribution in [0.1, 0.15) is 52.7 Å². The second kappa shape index (κ2) is 23.3. The van der Waals surface area contributed by atoms with Gasteiger partial charge in [-0.3, -0.25) is 0 Å². The van der Waals surface area contributed by atoms with Crippen molar-refractivity contribution in [2.75, 3.05) is 93.5 Å². The van der Waals surface area contributed by atoms with Crippen LogP contribution in [0.5, 0.6) is 11.5 Å². The van der Waals surface area contributed by atoms with Crippen LogP contribution in [0.25, 0.3) is 67.8 Å². The average molecular weight is 1010 g/mol. The van der Waals surface area contributed by atoms with Gasteiger partial charge in [0.1, 0.15) is 47.5 Å². The number of ether oxygens (including phenoxy) is 8. The van der Waals surface area contributed by atoms with Crippen LogP contribution >= 0.6 is 0 Å². The molecule has 0 fully saturated rings. The quantitative estimate of drug-likeness (QED) is 0.0673. The number of aromatic nitrogens is 12. The van der Waals surface area contributed by atoms with E-state index in [-0.39, 0.29) is 10.8 Å². The molecule has 74 heavy (non-hydrogen) atoms. The Morgan fingerprint density at radius 3 is 0.878 bits per heavy atom. The molecule has 0 saturated heterocycles. The molecule has 0 aliphatic carbocycles. The zero-order valence-electron chi connectivity index (χ0n) is 43.4. The number of fused-ring (bicyclic) bond motifs is 24. The summed E-state index contributed by atoms with van der Waals surface area (Å²) in [5.74, 6) is 1.17. The lowest BCUT2D eigenvalue weighted by Gasteiger charge is -2.20. The summed E-state index contributed by atoms with van der Waals surface area (Å²) < 4.78 is 52.4. The average Bonchev–Trinajstić information content (AvgIpc) is 4.25. The predicted molar refractivity (Wildman–Crippen MR) is 277 cm³/mol. The normalized spacial score (nSPS) is 12.2. The number of benzene rings is 4. The van der Waals surface area contributed by atoms with Crippen LogP contribution in [0.15, 0.2) is 97.6 Å². The van der Waals surface area contributed by atoms with Gasteiger partial charge in [-0.1, -0.05) is 62.4 Å². The highest BCUT2D eigenvalue weighted by Crippen LogP contribution is 2.36. The minimum absolute atomic E-state index is 0.218. The molecule has 0 amide bonds. The SMILES string of the molecule is COCCOCCOCCOc1cc2cc(c1)-n1cc(nn1)-c1cc(cc(C(C)(C)C)c1)-c1cn(nn1)-c1cc(OCCOCCOCCOC)cc(c1)-n1cc(nn1)-c1cc(cc(C(C)(C)C)c1)-c1cn-2nn1. The minimum Gasteiger partial charge on any atom is -0.491 e. The van der Waals surface area contributed by atoms with E-state index in [0.29, 0.717) is 136 Å². The van der Waals surface area contributed by atoms with E-state index >= 15 is 0 Å². The molecule has 20 heteroatoms. The number of nitrogens with zero attached hydrogens (tertiary/aromatic N) is 12. The Labute approximate surface area is 430 Å². The standard InChI is InChI=1S/C54H64N12O8/c1-53(2,3)41-23-37-21-38(24-41)50-34-64(60-56-50)44-28-46(32-48(30-44)74-20-18-72-16-14-70-12-10-68-8)66-36-52(58-62-66)40-22-39(25-42(26-40)54(4,5)6)51-35-65(61-57-51)45-27-43(63-33-49(37)55-59-63)29-47(31-45)73-19-17-71-15-13-69-11-9-67-7/h21-36H,9-20H2,1-8H3. The molecule has 0 atom stereocenters. The fourth-order valence-corrected chi connectivity index (χ4v) is 8.00. The summed E-state index contributed by atoms with van der Waals surface area (Å²) in [5.41, 5.74) is 10.6. The molecule has 5 heterocycles. The van der Waals surface area contributed by atoms with Gasteiger partial charge in [-0.2, -0.15) is 0 Å². The van der Waals surface area contributed by atoms with Crippen LogP contribution in [-0.4, -0.2) is 153 Å². The van der Waals surface area contributed by atoms with Crippen molar-refractivity contribution in [1.82, 2.24) is 60.0 Å². The van der Waals surface area contributed by atoms with Gasteiger partial charge in [-0.25, -0.2) is 18.7 Å². The molecule has 0 N–H and O–H groups in total. The maximum atomic E-state index is 6.32. The molecule has 4 aromatic carbocycles. The molecule has 16 bridgehead atoms. The van der Waals surface area contributed by atoms with Crippen molar-refractivity contribution in [3.63, 3.8) is 0 Å². The Kier molecular flexibility index (Phi) is 16.3. The largest absolute Gasteiger partial charge is 0.491 e. The third-order valence-electron chi connectivity index (χ3n) is 12.2. The minimum atomic E-state index is -0.218. The lowest BCUT2D eigenvalue weighted by molar-refractivity contribution is 0.0180. The van der Waals surface area contributed by atoms with Gasteiger partial charge < -0.3 is 37.9 Å². The molecule has 388 valence electrons. The molecule has 1 aliphatic rings. The first kappa shape index (κ1) is 51.7. The van der Waals surface area contributed by atoms with Crippen molar-refractivity contribution >= 4 is 0 Å². The number of rotatable bonds is 20. The zero-order chi connectivity index (χ0) is 51.7. The van der Waals surface area contributed by atoms with E-state index in [1.807, 2.05) is 61.2 Å². The van der Waals surface area contributed by atoms with Gasteiger partial charge in [0.2, 0.25) is 0 Å². The molecule has 0 radical (unpaired) electrons. The topological polar surface area (TPSA) is 197 Å². The van der Waals surface area contributed by atoms with E-state index in [2.05, 4.69) is 98.8 Å². The summed E-state index contributed by atoms with van der Waals surface area (Å²) in [6, 6.07) is 24.3. The van der Waals surface area contributed by atoms with Crippen LogP contribution in [0.3, 0.4) is 0 Å². The summed E-state index contributed by atoms with van der Waals surface area (Å²) in [5, 5.41) is 37.5. The van der Waals surface area contributed by atoms with Crippen LogP contribution < -0.4 is 9.47 Å².